The summed E-state index contributed by atoms with van der Waals surface area (Å²) >= 11 is 0. The molecule has 1 atom stereocenters. The predicted molar refractivity (Wildman–Crippen MR) is 115 cm³/mol. The SMILES string of the molecule is CS(=O)(=O)N(CC(=O)Nc1ccccc1C(=O)NC[C@@H]1CCCO1)c1ccc(F)cc1. The third kappa shape index (κ3) is 6.25. The van der Waals surface area contributed by atoms with Gasteiger partial charge in [-0.25, -0.2) is 12.8 Å². The molecule has 3 rings (SSSR count). The Balaban J connectivity index is 1.70. The Morgan fingerprint density at radius 2 is 1.87 bits per heavy atom. The molecule has 2 amide bonds. The Bertz CT molecular complexity index is 1040. The summed E-state index contributed by atoms with van der Waals surface area (Å²) in [5.74, 6) is -1.54. The minimum Gasteiger partial charge on any atom is -0.376 e. The van der Waals surface area contributed by atoms with Gasteiger partial charge in [-0.15, -0.1) is 0 Å². The van der Waals surface area contributed by atoms with E-state index in [0.717, 1.165) is 35.5 Å². The molecule has 166 valence electrons. The highest BCUT2D eigenvalue weighted by atomic mass is 32.2. The largest absolute Gasteiger partial charge is 0.376 e. The molecule has 1 fully saturated rings. The topological polar surface area (TPSA) is 105 Å². The Hall–Kier alpha value is -2.98. The summed E-state index contributed by atoms with van der Waals surface area (Å²) in [4.78, 5) is 25.2. The van der Waals surface area contributed by atoms with Crippen LogP contribution in [0.3, 0.4) is 0 Å². The molecule has 10 heteroatoms. The molecule has 0 saturated carbocycles. The highest BCUT2D eigenvalue weighted by Gasteiger charge is 2.22. The maximum absolute atomic E-state index is 13.2. The summed E-state index contributed by atoms with van der Waals surface area (Å²) in [6, 6.07) is 11.2. The van der Waals surface area contributed by atoms with Gasteiger partial charge >= 0.3 is 0 Å². The number of hydrogen-bond acceptors (Lipinski definition) is 5. The van der Waals surface area contributed by atoms with Crippen LogP contribution in [0.5, 0.6) is 0 Å². The highest BCUT2D eigenvalue weighted by Crippen LogP contribution is 2.20. The number of hydrogen-bond donors (Lipinski definition) is 2. The summed E-state index contributed by atoms with van der Waals surface area (Å²) in [5, 5.41) is 5.39. The van der Waals surface area contributed by atoms with Crippen molar-refractivity contribution >= 4 is 33.2 Å². The Morgan fingerprint density at radius 3 is 2.52 bits per heavy atom. The van der Waals surface area contributed by atoms with Crippen LogP contribution in [0.2, 0.25) is 0 Å². The van der Waals surface area contributed by atoms with Gasteiger partial charge in [0.15, 0.2) is 0 Å². The number of nitrogens with zero attached hydrogens (tertiary/aromatic N) is 1. The van der Waals surface area contributed by atoms with Crippen molar-refractivity contribution in [2.24, 2.45) is 0 Å². The molecular formula is C21H24FN3O5S. The second-order valence-corrected chi connectivity index (χ2v) is 9.09. The van der Waals surface area contributed by atoms with E-state index < -0.39 is 28.3 Å². The average Bonchev–Trinajstić information content (AvgIpc) is 3.24. The molecule has 0 aliphatic carbocycles. The van der Waals surface area contributed by atoms with Crippen LogP contribution in [0.15, 0.2) is 48.5 Å². The fraction of sp³-hybridized carbons (Fsp3) is 0.333. The van der Waals surface area contributed by atoms with Crippen LogP contribution in [0.25, 0.3) is 0 Å². The molecule has 1 saturated heterocycles. The third-order valence-corrected chi connectivity index (χ3v) is 5.90. The number of ether oxygens (including phenoxy) is 1. The number of rotatable bonds is 8. The molecule has 0 spiro atoms. The molecule has 0 aromatic heterocycles. The van der Waals surface area contributed by atoms with E-state index >= 15 is 0 Å². The summed E-state index contributed by atoms with van der Waals surface area (Å²) < 4.78 is 43.9. The van der Waals surface area contributed by atoms with E-state index in [2.05, 4.69) is 10.6 Å². The summed E-state index contributed by atoms with van der Waals surface area (Å²) in [7, 11) is -3.81. The Morgan fingerprint density at radius 1 is 1.16 bits per heavy atom. The highest BCUT2D eigenvalue weighted by molar-refractivity contribution is 7.92. The molecule has 0 bridgehead atoms. The van der Waals surface area contributed by atoms with Crippen LogP contribution in [0.1, 0.15) is 23.2 Å². The second kappa shape index (κ2) is 9.88. The molecule has 1 heterocycles. The van der Waals surface area contributed by atoms with E-state index in [1.165, 1.54) is 12.1 Å². The number of nitrogens with one attached hydrogen (secondary N) is 2. The van der Waals surface area contributed by atoms with Gasteiger partial charge < -0.3 is 15.4 Å². The van der Waals surface area contributed by atoms with Crippen molar-refractivity contribution < 1.29 is 27.1 Å². The predicted octanol–water partition coefficient (Wildman–Crippen LogP) is 2.14. The molecule has 1 aliphatic rings. The number of carbonyl (C=O) groups excluding carboxylic acids is 2. The maximum atomic E-state index is 13.2. The molecule has 1 aliphatic heterocycles. The standard InChI is InChI=1S/C21H24FN3O5S/c1-31(28,29)25(16-10-8-15(22)9-11-16)14-20(26)24-19-7-3-2-6-18(19)21(27)23-13-17-5-4-12-30-17/h2-3,6-11,17H,4-5,12-14H2,1H3,(H,23,27)(H,24,26)/t17-/m0/s1. The summed E-state index contributed by atoms with van der Waals surface area (Å²) in [6.07, 6.45) is 2.77. The molecular weight excluding hydrogens is 425 g/mol. The molecule has 2 N–H and O–H groups in total. The lowest BCUT2D eigenvalue weighted by atomic mass is 10.1. The van der Waals surface area contributed by atoms with Gasteiger partial charge in [0.25, 0.3) is 5.91 Å². The quantitative estimate of drug-likeness (QED) is 0.643. The Labute approximate surface area is 180 Å². The average molecular weight is 450 g/mol. The van der Waals surface area contributed by atoms with Crippen LogP contribution in [0.4, 0.5) is 15.8 Å². The number of halogens is 1. The monoisotopic (exact) mass is 449 g/mol. The lowest BCUT2D eigenvalue weighted by molar-refractivity contribution is -0.114. The van der Waals surface area contributed by atoms with Gasteiger partial charge in [-0.3, -0.25) is 13.9 Å². The van der Waals surface area contributed by atoms with Crippen LogP contribution in [-0.4, -0.2) is 52.3 Å². The van der Waals surface area contributed by atoms with Crippen molar-refractivity contribution in [2.45, 2.75) is 18.9 Å². The van der Waals surface area contributed by atoms with E-state index in [1.807, 2.05) is 0 Å². The zero-order chi connectivity index (χ0) is 22.4. The maximum Gasteiger partial charge on any atom is 0.253 e. The first-order chi connectivity index (χ1) is 14.7. The van der Waals surface area contributed by atoms with Crippen molar-refractivity contribution in [3.05, 3.63) is 59.9 Å². The van der Waals surface area contributed by atoms with Gasteiger partial charge in [-0.2, -0.15) is 0 Å². The van der Waals surface area contributed by atoms with Crippen LogP contribution < -0.4 is 14.9 Å². The van der Waals surface area contributed by atoms with E-state index in [1.54, 1.807) is 24.3 Å². The van der Waals surface area contributed by atoms with Gasteiger partial charge in [0, 0.05) is 13.2 Å². The number of benzene rings is 2. The molecule has 0 unspecified atom stereocenters. The fourth-order valence-electron chi connectivity index (χ4n) is 3.22. The normalized spacial score (nSPS) is 16.0. The van der Waals surface area contributed by atoms with E-state index in [0.29, 0.717) is 13.2 Å². The minimum absolute atomic E-state index is 0.0234. The van der Waals surface area contributed by atoms with Gasteiger partial charge in [0.05, 0.1) is 29.3 Å². The first-order valence-electron chi connectivity index (χ1n) is 9.76. The molecule has 0 radical (unpaired) electrons. The first-order valence-corrected chi connectivity index (χ1v) is 11.6. The summed E-state index contributed by atoms with van der Waals surface area (Å²) in [6.45, 7) is 0.516. The zero-order valence-electron chi connectivity index (χ0n) is 17.0. The number of anilines is 2. The molecule has 31 heavy (non-hydrogen) atoms. The number of sulfonamides is 1. The van der Waals surface area contributed by atoms with Crippen molar-refractivity contribution in [3.8, 4) is 0 Å². The van der Waals surface area contributed by atoms with Gasteiger partial charge in [-0.1, -0.05) is 12.1 Å². The third-order valence-electron chi connectivity index (χ3n) is 4.76. The van der Waals surface area contributed by atoms with Gasteiger partial charge in [-0.05, 0) is 49.2 Å². The van der Waals surface area contributed by atoms with Gasteiger partial charge in [0.2, 0.25) is 15.9 Å². The minimum atomic E-state index is -3.81. The molecule has 2 aromatic carbocycles. The van der Waals surface area contributed by atoms with Crippen LogP contribution in [-0.2, 0) is 19.6 Å². The van der Waals surface area contributed by atoms with Gasteiger partial charge in [0.1, 0.15) is 12.4 Å². The number of amides is 2. The molecule has 2 aromatic rings. The van der Waals surface area contributed by atoms with Crippen molar-refractivity contribution in [2.75, 3.05) is 35.6 Å². The lowest BCUT2D eigenvalue weighted by Crippen LogP contribution is -2.38. The number of para-hydroxylation sites is 1. The summed E-state index contributed by atoms with van der Waals surface area (Å²) in [5.41, 5.74) is 0.660. The fourth-order valence-corrected chi connectivity index (χ4v) is 4.08. The molecule has 8 nitrogen and oxygen atoms in total. The second-order valence-electron chi connectivity index (χ2n) is 7.18. The van der Waals surface area contributed by atoms with Crippen LogP contribution in [0, 0.1) is 5.82 Å². The smallest absolute Gasteiger partial charge is 0.253 e. The lowest BCUT2D eigenvalue weighted by Gasteiger charge is -2.22. The van der Waals surface area contributed by atoms with Crippen molar-refractivity contribution in [1.82, 2.24) is 5.32 Å². The first kappa shape index (κ1) is 22.7. The zero-order valence-corrected chi connectivity index (χ0v) is 17.8. The van der Waals surface area contributed by atoms with E-state index in [4.69, 9.17) is 4.74 Å². The Kier molecular flexibility index (Phi) is 7.24. The van der Waals surface area contributed by atoms with E-state index in [-0.39, 0.29) is 28.9 Å². The van der Waals surface area contributed by atoms with Crippen LogP contribution >= 0.6 is 0 Å². The number of carbonyl (C=O) groups is 2. The van der Waals surface area contributed by atoms with Crippen molar-refractivity contribution in [3.63, 3.8) is 0 Å². The van der Waals surface area contributed by atoms with E-state index in [9.17, 15) is 22.4 Å². The van der Waals surface area contributed by atoms with Crippen molar-refractivity contribution in [1.29, 1.82) is 0 Å².